The second-order valence-electron chi connectivity index (χ2n) is 9.72. The predicted octanol–water partition coefficient (Wildman–Crippen LogP) is 5.01. The molecule has 0 aliphatic carbocycles. The smallest absolute Gasteiger partial charge is 0.338 e. The Kier molecular flexibility index (Phi) is 9.74. The van der Waals surface area contributed by atoms with E-state index < -0.39 is 12.0 Å². The van der Waals surface area contributed by atoms with Gasteiger partial charge < -0.3 is 23.7 Å². The third-order valence-electron chi connectivity index (χ3n) is 7.02. The maximum absolute atomic E-state index is 14.1. The fourth-order valence-electron chi connectivity index (χ4n) is 4.98. The molecule has 9 nitrogen and oxygen atoms in total. The highest BCUT2D eigenvalue weighted by atomic mass is 127. The number of nitrogens with zero attached hydrogens (tertiary/aromatic N) is 2. The zero-order valence-corrected chi connectivity index (χ0v) is 27.9. The monoisotopic (exact) mass is 726 g/mol. The summed E-state index contributed by atoms with van der Waals surface area (Å²) in [6.07, 6.45) is 1.79. The number of benzene rings is 3. The van der Waals surface area contributed by atoms with E-state index in [2.05, 4.69) is 27.6 Å². The molecule has 0 N–H and O–H groups in total. The van der Waals surface area contributed by atoms with Crippen LogP contribution in [0.2, 0.25) is 0 Å². The molecule has 0 amide bonds. The minimum Gasteiger partial charge on any atom is -0.497 e. The van der Waals surface area contributed by atoms with E-state index in [4.69, 9.17) is 23.7 Å². The number of hydrogen-bond donors (Lipinski definition) is 0. The van der Waals surface area contributed by atoms with Crippen LogP contribution in [-0.4, -0.2) is 38.5 Å². The van der Waals surface area contributed by atoms with E-state index in [1.54, 1.807) is 52.3 Å². The molecule has 44 heavy (non-hydrogen) atoms. The van der Waals surface area contributed by atoms with E-state index >= 15 is 0 Å². The number of hydrogen-bond acceptors (Lipinski definition) is 9. The summed E-state index contributed by atoms with van der Waals surface area (Å²) in [4.78, 5) is 32.5. The summed E-state index contributed by atoms with van der Waals surface area (Å²) in [5.41, 5.74) is 2.77. The van der Waals surface area contributed by atoms with Crippen molar-refractivity contribution in [2.45, 2.75) is 26.5 Å². The molecule has 5 rings (SSSR count). The van der Waals surface area contributed by atoms with Crippen LogP contribution in [0.1, 0.15) is 36.6 Å². The first kappa shape index (κ1) is 31.3. The third kappa shape index (κ3) is 6.25. The second kappa shape index (κ2) is 13.7. The number of methoxy groups -OCH3 is 3. The van der Waals surface area contributed by atoms with Crippen LogP contribution in [0, 0.1) is 3.57 Å². The van der Waals surface area contributed by atoms with Crippen LogP contribution in [-0.2, 0) is 16.1 Å². The number of thiazole rings is 1. The Morgan fingerprint density at radius 3 is 2.45 bits per heavy atom. The Bertz CT molecular complexity index is 1910. The molecule has 1 aliphatic heterocycles. The Morgan fingerprint density at radius 2 is 1.77 bits per heavy atom. The van der Waals surface area contributed by atoms with Gasteiger partial charge in [0, 0.05) is 5.56 Å². The van der Waals surface area contributed by atoms with Gasteiger partial charge in [0.15, 0.2) is 16.3 Å². The van der Waals surface area contributed by atoms with E-state index in [1.165, 1.54) is 23.0 Å². The van der Waals surface area contributed by atoms with Crippen molar-refractivity contribution < 1.29 is 28.5 Å². The Labute approximate surface area is 272 Å². The molecule has 0 bridgehead atoms. The van der Waals surface area contributed by atoms with E-state index in [1.807, 2.05) is 42.5 Å². The molecule has 0 unspecified atom stereocenters. The highest BCUT2D eigenvalue weighted by Gasteiger charge is 2.35. The van der Waals surface area contributed by atoms with Crippen molar-refractivity contribution in [2.75, 3.05) is 27.9 Å². The average molecular weight is 727 g/mol. The summed E-state index contributed by atoms with van der Waals surface area (Å²) in [5, 5.41) is 0. The summed E-state index contributed by atoms with van der Waals surface area (Å²) < 4.78 is 31.1. The van der Waals surface area contributed by atoms with E-state index in [9.17, 15) is 9.59 Å². The molecule has 4 aromatic rings. The molecular weight excluding hydrogens is 695 g/mol. The van der Waals surface area contributed by atoms with Crippen molar-refractivity contribution >= 4 is 46.0 Å². The van der Waals surface area contributed by atoms with Crippen molar-refractivity contribution in [2.24, 2.45) is 4.99 Å². The van der Waals surface area contributed by atoms with Crippen molar-refractivity contribution in [1.82, 2.24) is 4.57 Å². The van der Waals surface area contributed by atoms with Gasteiger partial charge >= 0.3 is 5.97 Å². The lowest BCUT2D eigenvalue weighted by molar-refractivity contribution is -0.139. The number of aromatic nitrogens is 1. The van der Waals surface area contributed by atoms with Crippen LogP contribution in [0.15, 0.2) is 81.7 Å². The fourth-order valence-corrected chi connectivity index (χ4v) is 6.81. The molecule has 1 aromatic heterocycles. The summed E-state index contributed by atoms with van der Waals surface area (Å²) in [7, 11) is 4.68. The third-order valence-corrected chi connectivity index (χ3v) is 8.81. The molecule has 0 saturated carbocycles. The number of halogens is 1. The number of rotatable bonds is 10. The van der Waals surface area contributed by atoms with Crippen LogP contribution in [0.25, 0.3) is 6.08 Å². The van der Waals surface area contributed by atoms with Gasteiger partial charge in [-0.3, -0.25) is 9.36 Å². The summed E-state index contributed by atoms with van der Waals surface area (Å²) in [6.45, 7) is 4.04. The van der Waals surface area contributed by atoms with Gasteiger partial charge in [-0.25, -0.2) is 9.79 Å². The minimum atomic E-state index is -0.846. The zero-order chi connectivity index (χ0) is 31.4. The quantitative estimate of drug-likeness (QED) is 0.168. The van der Waals surface area contributed by atoms with Gasteiger partial charge in [0.2, 0.25) is 0 Å². The largest absolute Gasteiger partial charge is 0.497 e. The van der Waals surface area contributed by atoms with E-state index in [0.29, 0.717) is 50.2 Å². The van der Waals surface area contributed by atoms with Crippen LogP contribution in [0.5, 0.6) is 23.0 Å². The van der Waals surface area contributed by atoms with Gasteiger partial charge in [0.25, 0.3) is 5.56 Å². The number of allylic oxidation sites excluding steroid dienone is 1. The lowest BCUT2D eigenvalue weighted by atomic mass is 9.94. The number of carbonyl (C=O) groups is 1. The first-order valence-electron chi connectivity index (χ1n) is 13.7. The second-order valence-corrected chi connectivity index (χ2v) is 11.9. The molecule has 0 radical (unpaired) electrons. The Hall–Kier alpha value is -4.10. The van der Waals surface area contributed by atoms with E-state index in [-0.39, 0.29) is 17.7 Å². The molecule has 0 fully saturated rings. The lowest BCUT2D eigenvalue weighted by Gasteiger charge is -2.26. The molecule has 0 spiro atoms. The van der Waals surface area contributed by atoms with Gasteiger partial charge in [-0.1, -0.05) is 41.7 Å². The lowest BCUT2D eigenvalue weighted by Crippen LogP contribution is -2.40. The molecule has 11 heteroatoms. The van der Waals surface area contributed by atoms with Crippen molar-refractivity contribution in [1.29, 1.82) is 0 Å². The van der Waals surface area contributed by atoms with Crippen LogP contribution in [0.4, 0.5) is 0 Å². The Morgan fingerprint density at radius 1 is 1.02 bits per heavy atom. The molecular formula is C33H31IN2O7S. The zero-order valence-electron chi connectivity index (χ0n) is 24.9. The van der Waals surface area contributed by atoms with Gasteiger partial charge in [0.05, 0.1) is 47.3 Å². The number of ether oxygens (including phenoxy) is 5. The topological polar surface area (TPSA) is 97.6 Å². The number of fused-ring (bicyclic) bond motifs is 1. The maximum atomic E-state index is 14.1. The van der Waals surface area contributed by atoms with Gasteiger partial charge in [0.1, 0.15) is 24.1 Å². The van der Waals surface area contributed by atoms with Crippen LogP contribution >= 0.6 is 33.9 Å². The molecule has 228 valence electrons. The fraction of sp³-hybridized carbons (Fsp3) is 0.242. The maximum Gasteiger partial charge on any atom is 0.338 e. The minimum absolute atomic E-state index is 0.174. The van der Waals surface area contributed by atoms with Gasteiger partial charge in [-0.15, -0.1) is 0 Å². The highest BCUT2D eigenvalue weighted by molar-refractivity contribution is 14.1. The van der Waals surface area contributed by atoms with Gasteiger partial charge in [-0.05, 0) is 84.0 Å². The average Bonchev–Trinajstić information content (AvgIpc) is 3.33. The first-order chi connectivity index (χ1) is 21.3. The van der Waals surface area contributed by atoms with Crippen molar-refractivity contribution in [3.63, 3.8) is 0 Å². The normalized spacial score (nSPS) is 14.5. The molecule has 2 heterocycles. The molecule has 1 aliphatic rings. The first-order valence-corrected chi connectivity index (χ1v) is 15.6. The summed E-state index contributed by atoms with van der Waals surface area (Å²) in [5.74, 6) is 1.66. The molecule has 3 aromatic carbocycles. The van der Waals surface area contributed by atoms with Crippen molar-refractivity contribution in [3.8, 4) is 23.0 Å². The molecule has 1 atom stereocenters. The van der Waals surface area contributed by atoms with Crippen LogP contribution < -0.4 is 33.8 Å². The SMILES string of the molecule is CCOC(=O)C1=C(C)N=c2s/c(=C/c3cc(I)c(OCc4ccccc4)c(OC)c3)c(=O)n2[C@@H]1c1cc(OC)ccc1OC. The Balaban J connectivity index is 1.63. The van der Waals surface area contributed by atoms with Crippen LogP contribution in [0.3, 0.4) is 0 Å². The summed E-state index contributed by atoms with van der Waals surface area (Å²) >= 11 is 3.44. The number of esters is 1. The predicted molar refractivity (Wildman–Crippen MR) is 176 cm³/mol. The standard InChI is InChI=1S/C33H31IN2O7S/c1-6-42-32(38)28-19(2)35-33-36(29(28)23-17-22(39-3)12-13-25(23)40-4)31(37)27(44-33)16-21-14-24(34)30(26(15-21)41-5)43-18-20-10-8-7-9-11-20/h7-17,29H,6,18H2,1-5H3/b27-16+/t29-/m1/s1. The number of carbonyl (C=O) groups excluding carboxylic acids is 1. The van der Waals surface area contributed by atoms with Crippen molar-refractivity contribution in [3.05, 3.63) is 112 Å². The highest BCUT2D eigenvalue weighted by Crippen LogP contribution is 2.38. The van der Waals surface area contributed by atoms with E-state index in [0.717, 1.165) is 14.7 Å². The summed E-state index contributed by atoms with van der Waals surface area (Å²) in [6, 6.07) is 18.1. The molecule has 0 saturated heterocycles. The van der Waals surface area contributed by atoms with Gasteiger partial charge in [-0.2, -0.15) is 0 Å².